The van der Waals surface area contributed by atoms with Crippen LogP contribution in [0.15, 0.2) is 42.9 Å². The number of imide groups is 1. The fourth-order valence-electron chi connectivity index (χ4n) is 3.94. The van der Waals surface area contributed by atoms with Crippen LogP contribution in [0, 0.1) is 0 Å². The number of fused-ring (bicyclic) bond motifs is 1. The van der Waals surface area contributed by atoms with Crippen LogP contribution in [-0.4, -0.2) is 69.1 Å². The Morgan fingerprint density at radius 1 is 1.03 bits per heavy atom. The molecule has 0 bridgehead atoms. The maximum absolute atomic E-state index is 12.4. The van der Waals surface area contributed by atoms with Crippen molar-refractivity contribution < 1.29 is 19.2 Å². The average molecular weight is 421 g/mol. The molecule has 2 aliphatic rings. The summed E-state index contributed by atoms with van der Waals surface area (Å²) in [5, 5.41) is 2.99. The van der Waals surface area contributed by atoms with Crippen LogP contribution in [0.1, 0.15) is 56.9 Å². The molecule has 1 fully saturated rings. The van der Waals surface area contributed by atoms with Gasteiger partial charge in [0.1, 0.15) is 5.69 Å². The Balaban J connectivity index is 1.19. The van der Waals surface area contributed by atoms with E-state index in [2.05, 4.69) is 15.3 Å². The van der Waals surface area contributed by atoms with E-state index < -0.39 is 0 Å². The second-order valence-corrected chi connectivity index (χ2v) is 7.64. The third kappa shape index (κ3) is 4.45. The molecule has 160 valence electrons. The van der Waals surface area contributed by atoms with E-state index in [1.165, 1.54) is 23.5 Å². The Labute approximate surface area is 179 Å². The first kappa shape index (κ1) is 20.6. The topological polar surface area (TPSA) is 113 Å². The fourth-order valence-corrected chi connectivity index (χ4v) is 3.94. The van der Waals surface area contributed by atoms with E-state index in [9.17, 15) is 19.2 Å². The van der Waals surface area contributed by atoms with Crippen LogP contribution in [-0.2, 0) is 4.79 Å². The number of nitrogens with zero attached hydrogens (tertiary/aromatic N) is 4. The molecule has 0 aliphatic carbocycles. The highest BCUT2D eigenvalue weighted by atomic mass is 16.2. The van der Waals surface area contributed by atoms with Crippen molar-refractivity contribution in [2.75, 3.05) is 19.6 Å². The van der Waals surface area contributed by atoms with Crippen LogP contribution in [0.4, 0.5) is 0 Å². The molecule has 4 amide bonds. The number of hydrogen-bond donors (Lipinski definition) is 1. The van der Waals surface area contributed by atoms with Crippen molar-refractivity contribution in [1.29, 1.82) is 0 Å². The molecule has 31 heavy (non-hydrogen) atoms. The van der Waals surface area contributed by atoms with Gasteiger partial charge >= 0.3 is 0 Å². The Bertz CT molecular complexity index is 967. The first-order valence-electron chi connectivity index (χ1n) is 10.3. The number of aromatic nitrogens is 2. The van der Waals surface area contributed by atoms with Gasteiger partial charge in [-0.25, -0.2) is 4.98 Å². The molecule has 9 nitrogen and oxygen atoms in total. The van der Waals surface area contributed by atoms with Gasteiger partial charge < -0.3 is 10.2 Å². The predicted molar refractivity (Wildman–Crippen MR) is 110 cm³/mol. The molecule has 9 heteroatoms. The molecule has 0 unspecified atom stereocenters. The first-order chi connectivity index (χ1) is 15.0. The zero-order chi connectivity index (χ0) is 21.8. The highest BCUT2D eigenvalue weighted by Crippen LogP contribution is 2.22. The Morgan fingerprint density at radius 2 is 1.71 bits per heavy atom. The molecule has 0 saturated carbocycles. The van der Waals surface area contributed by atoms with Crippen molar-refractivity contribution in [2.24, 2.45) is 0 Å². The molecule has 1 aromatic heterocycles. The number of benzene rings is 1. The minimum absolute atomic E-state index is 0.00212. The fraction of sp³-hybridized carbons (Fsp3) is 0.364. The molecule has 1 aromatic carbocycles. The summed E-state index contributed by atoms with van der Waals surface area (Å²) in [6.07, 6.45) is 6.42. The van der Waals surface area contributed by atoms with Crippen LogP contribution in [0.5, 0.6) is 0 Å². The molecule has 0 radical (unpaired) electrons. The Morgan fingerprint density at radius 3 is 2.32 bits per heavy atom. The largest absolute Gasteiger partial charge is 0.353 e. The standard InChI is InChI=1S/C22H23N5O4/c28-19(6-3-11-27-20(29)16-4-1-2-5-17(16)21(27)30)25-15-7-12-26(13-8-15)22(31)18-14-23-9-10-24-18/h1-2,4-5,9-10,14-15H,3,6-8,11-13H2,(H,25,28). The number of carbonyl (C=O) groups is 4. The van der Waals surface area contributed by atoms with Crippen LogP contribution in [0.25, 0.3) is 0 Å². The van der Waals surface area contributed by atoms with E-state index >= 15 is 0 Å². The van der Waals surface area contributed by atoms with E-state index in [0.29, 0.717) is 49.2 Å². The summed E-state index contributed by atoms with van der Waals surface area (Å²) in [7, 11) is 0. The molecule has 0 atom stereocenters. The zero-order valence-corrected chi connectivity index (χ0v) is 17.0. The number of amides is 4. The van der Waals surface area contributed by atoms with E-state index in [4.69, 9.17) is 0 Å². The number of carbonyl (C=O) groups excluding carboxylic acids is 4. The van der Waals surface area contributed by atoms with Crippen molar-refractivity contribution in [3.63, 3.8) is 0 Å². The number of nitrogens with one attached hydrogen (secondary N) is 1. The molecular formula is C22H23N5O4. The quantitative estimate of drug-likeness (QED) is 0.703. The van der Waals surface area contributed by atoms with Gasteiger partial charge in [-0.3, -0.25) is 29.1 Å². The molecular weight excluding hydrogens is 398 g/mol. The Kier molecular flexibility index (Phi) is 6.01. The summed E-state index contributed by atoms with van der Waals surface area (Å²) < 4.78 is 0. The summed E-state index contributed by atoms with van der Waals surface area (Å²) in [6, 6.07) is 6.74. The predicted octanol–water partition coefficient (Wildman–Crippen LogP) is 1.27. The lowest BCUT2D eigenvalue weighted by Crippen LogP contribution is -2.46. The lowest BCUT2D eigenvalue weighted by molar-refractivity contribution is -0.122. The van der Waals surface area contributed by atoms with Gasteiger partial charge in [0.25, 0.3) is 17.7 Å². The lowest BCUT2D eigenvalue weighted by atomic mass is 10.0. The molecule has 2 aliphatic heterocycles. The SMILES string of the molecule is O=C(CCCN1C(=O)c2ccccc2C1=O)NC1CCN(C(=O)c2cnccn2)CC1. The van der Waals surface area contributed by atoms with Gasteiger partial charge in [-0.2, -0.15) is 0 Å². The summed E-state index contributed by atoms with van der Waals surface area (Å²) in [5.74, 6) is -0.878. The molecule has 0 spiro atoms. The van der Waals surface area contributed by atoms with Gasteiger partial charge in [0, 0.05) is 44.5 Å². The molecule has 1 saturated heterocycles. The molecule has 2 aromatic rings. The number of hydrogen-bond acceptors (Lipinski definition) is 6. The maximum atomic E-state index is 12.4. The van der Waals surface area contributed by atoms with Gasteiger partial charge in [-0.05, 0) is 31.4 Å². The number of likely N-dealkylation sites (tertiary alicyclic amines) is 1. The van der Waals surface area contributed by atoms with Crippen molar-refractivity contribution >= 4 is 23.6 Å². The smallest absolute Gasteiger partial charge is 0.274 e. The highest BCUT2D eigenvalue weighted by molar-refractivity contribution is 6.21. The normalized spacial score (nSPS) is 16.4. The van der Waals surface area contributed by atoms with Gasteiger partial charge in [0.15, 0.2) is 0 Å². The molecule has 4 rings (SSSR count). The van der Waals surface area contributed by atoms with Crippen molar-refractivity contribution in [3.8, 4) is 0 Å². The summed E-state index contributed by atoms with van der Waals surface area (Å²) >= 11 is 0. The Hall–Kier alpha value is -3.62. The van der Waals surface area contributed by atoms with E-state index in [1.807, 2.05) is 0 Å². The van der Waals surface area contributed by atoms with Crippen molar-refractivity contribution in [1.82, 2.24) is 25.1 Å². The van der Waals surface area contributed by atoms with Gasteiger partial charge in [-0.15, -0.1) is 0 Å². The van der Waals surface area contributed by atoms with E-state index in [0.717, 1.165) is 0 Å². The average Bonchev–Trinajstić information content (AvgIpc) is 3.05. The van der Waals surface area contributed by atoms with E-state index in [-0.39, 0.29) is 42.6 Å². The van der Waals surface area contributed by atoms with Gasteiger partial charge in [0.05, 0.1) is 17.3 Å². The molecule has 3 heterocycles. The lowest BCUT2D eigenvalue weighted by Gasteiger charge is -2.32. The second kappa shape index (κ2) is 9.03. The summed E-state index contributed by atoms with van der Waals surface area (Å²) in [4.78, 5) is 60.3. The van der Waals surface area contributed by atoms with Gasteiger partial charge in [-0.1, -0.05) is 12.1 Å². The zero-order valence-electron chi connectivity index (χ0n) is 17.0. The van der Waals surface area contributed by atoms with Crippen LogP contribution in [0.2, 0.25) is 0 Å². The van der Waals surface area contributed by atoms with Crippen molar-refractivity contribution in [3.05, 3.63) is 59.7 Å². The number of rotatable bonds is 6. The first-order valence-corrected chi connectivity index (χ1v) is 10.3. The van der Waals surface area contributed by atoms with Crippen LogP contribution in [0.3, 0.4) is 0 Å². The van der Waals surface area contributed by atoms with Crippen LogP contribution >= 0.6 is 0 Å². The minimum Gasteiger partial charge on any atom is -0.353 e. The van der Waals surface area contributed by atoms with Gasteiger partial charge in [0.2, 0.25) is 5.91 Å². The second-order valence-electron chi connectivity index (χ2n) is 7.64. The molecule has 1 N–H and O–H groups in total. The number of piperidine rings is 1. The van der Waals surface area contributed by atoms with Crippen molar-refractivity contribution in [2.45, 2.75) is 31.7 Å². The third-order valence-corrected chi connectivity index (χ3v) is 5.59. The van der Waals surface area contributed by atoms with Crippen LogP contribution < -0.4 is 5.32 Å². The summed E-state index contributed by atoms with van der Waals surface area (Å²) in [5.41, 5.74) is 1.15. The third-order valence-electron chi connectivity index (χ3n) is 5.59. The highest BCUT2D eigenvalue weighted by Gasteiger charge is 2.34. The minimum atomic E-state index is -0.304. The maximum Gasteiger partial charge on any atom is 0.274 e. The monoisotopic (exact) mass is 421 g/mol. The summed E-state index contributed by atoms with van der Waals surface area (Å²) in [6.45, 7) is 1.29. The van der Waals surface area contributed by atoms with E-state index in [1.54, 1.807) is 29.2 Å².